The summed E-state index contributed by atoms with van der Waals surface area (Å²) in [6, 6.07) is 12.5. The standard InChI is InChI=1S/C26H26ClFN8O/c1-33-11-13-34(14-12-33)16-17-5-7-18(8-6-17)31-25-30-15-19-23(32-25)35-10-9-29-26(35)36(24(19)37)22-20(27)3-2-4-21(22)28/h2-8,15H,9-14,16H2,1H3,(H,30,31,32). The third kappa shape index (κ3) is 4.52. The number of anilines is 4. The van der Waals surface area contributed by atoms with Crippen LogP contribution in [-0.4, -0.2) is 78.0 Å². The van der Waals surface area contributed by atoms with Crippen LogP contribution in [0, 0.1) is 5.82 Å². The van der Waals surface area contributed by atoms with E-state index in [2.05, 4.69) is 49.3 Å². The predicted molar refractivity (Wildman–Crippen MR) is 142 cm³/mol. The molecule has 2 aromatic carbocycles. The predicted octanol–water partition coefficient (Wildman–Crippen LogP) is 3.60. The normalized spacial score (nSPS) is 18.0. The molecular weight excluding hydrogens is 495 g/mol. The number of aromatic nitrogens is 2. The second-order valence-corrected chi connectivity index (χ2v) is 9.78. The van der Waals surface area contributed by atoms with E-state index in [1.54, 1.807) is 11.0 Å². The van der Waals surface area contributed by atoms with Gasteiger partial charge in [-0.15, -0.1) is 0 Å². The number of nitrogens with one attached hydrogen (secondary N) is 1. The average molecular weight is 521 g/mol. The van der Waals surface area contributed by atoms with E-state index in [9.17, 15) is 9.18 Å². The van der Waals surface area contributed by atoms with Gasteiger partial charge in [-0.3, -0.25) is 19.6 Å². The molecule has 1 fully saturated rings. The van der Waals surface area contributed by atoms with Crippen molar-refractivity contribution in [1.29, 1.82) is 0 Å². The largest absolute Gasteiger partial charge is 0.324 e. The highest BCUT2D eigenvalue weighted by Crippen LogP contribution is 2.37. The van der Waals surface area contributed by atoms with Gasteiger partial charge < -0.3 is 10.2 Å². The summed E-state index contributed by atoms with van der Waals surface area (Å²) >= 11 is 6.28. The second kappa shape index (κ2) is 9.70. The van der Waals surface area contributed by atoms with Crippen molar-refractivity contribution >= 4 is 46.6 Å². The zero-order valence-electron chi connectivity index (χ0n) is 20.4. The number of guanidine groups is 1. The van der Waals surface area contributed by atoms with E-state index in [-0.39, 0.29) is 16.3 Å². The summed E-state index contributed by atoms with van der Waals surface area (Å²) < 4.78 is 14.7. The zero-order chi connectivity index (χ0) is 25.5. The van der Waals surface area contributed by atoms with E-state index in [0.29, 0.717) is 30.8 Å². The Hall–Kier alpha value is -3.60. The third-order valence-corrected chi connectivity index (χ3v) is 7.15. The van der Waals surface area contributed by atoms with Crippen LogP contribution >= 0.6 is 11.6 Å². The minimum absolute atomic E-state index is 0.0238. The van der Waals surface area contributed by atoms with Gasteiger partial charge >= 0.3 is 0 Å². The molecule has 190 valence electrons. The molecule has 1 aromatic heterocycles. The molecule has 6 rings (SSSR count). The lowest BCUT2D eigenvalue weighted by Gasteiger charge is -2.35. The third-order valence-electron chi connectivity index (χ3n) is 6.85. The molecule has 1 saturated heterocycles. The fraction of sp³-hybridized carbons (Fsp3) is 0.308. The van der Waals surface area contributed by atoms with Crippen LogP contribution in [0.1, 0.15) is 15.9 Å². The maximum Gasteiger partial charge on any atom is 0.270 e. The van der Waals surface area contributed by atoms with Crippen molar-refractivity contribution in [2.24, 2.45) is 4.99 Å². The molecule has 0 unspecified atom stereocenters. The van der Waals surface area contributed by atoms with Gasteiger partial charge in [-0.05, 0) is 36.9 Å². The first-order valence-corrected chi connectivity index (χ1v) is 12.6. The van der Waals surface area contributed by atoms with E-state index in [0.717, 1.165) is 38.4 Å². The molecule has 11 heteroatoms. The van der Waals surface area contributed by atoms with E-state index >= 15 is 0 Å². The van der Waals surface area contributed by atoms with Gasteiger partial charge in [-0.25, -0.2) is 14.3 Å². The van der Waals surface area contributed by atoms with Crippen LogP contribution in [0.25, 0.3) is 0 Å². The van der Waals surface area contributed by atoms with Crippen LogP contribution in [0.3, 0.4) is 0 Å². The second-order valence-electron chi connectivity index (χ2n) is 9.38. The Morgan fingerprint density at radius 2 is 1.84 bits per heavy atom. The van der Waals surface area contributed by atoms with Gasteiger partial charge in [0.2, 0.25) is 11.9 Å². The van der Waals surface area contributed by atoms with Crippen LogP contribution in [0.5, 0.6) is 0 Å². The van der Waals surface area contributed by atoms with Crippen molar-refractivity contribution in [2.75, 3.05) is 61.4 Å². The van der Waals surface area contributed by atoms with Crippen molar-refractivity contribution in [3.63, 3.8) is 0 Å². The first-order valence-electron chi connectivity index (χ1n) is 12.2. The topological polar surface area (TPSA) is 80.2 Å². The molecule has 0 radical (unpaired) electrons. The summed E-state index contributed by atoms with van der Waals surface area (Å²) in [7, 11) is 2.16. The van der Waals surface area contributed by atoms with Crippen molar-refractivity contribution in [1.82, 2.24) is 19.8 Å². The molecule has 0 saturated carbocycles. The molecule has 0 aliphatic carbocycles. The van der Waals surface area contributed by atoms with Crippen LogP contribution < -0.4 is 15.1 Å². The maximum absolute atomic E-state index is 14.7. The number of hydrogen-bond acceptors (Lipinski definition) is 8. The molecule has 3 aromatic rings. The number of benzene rings is 2. The number of amides is 1. The number of rotatable bonds is 5. The van der Waals surface area contributed by atoms with E-state index < -0.39 is 11.7 Å². The van der Waals surface area contributed by atoms with Gasteiger partial charge in [0.1, 0.15) is 17.1 Å². The van der Waals surface area contributed by atoms with Gasteiger partial charge in [0.15, 0.2) is 5.82 Å². The minimum atomic E-state index is -0.603. The Balaban J connectivity index is 1.22. The van der Waals surface area contributed by atoms with Crippen molar-refractivity contribution in [2.45, 2.75) is 6.54 Å². The number of fused-ring (bicyclic) bond motifs is 3. The number of aliphatic imine (C=N–C) groups is 1. The summed E-state index contributed by atoms with van der Waals surface area (Å²) in [6.45, 7) is 6.20. The van der Waals surface area contributed by atoms with E-state index in [1.807, 2.05) is 12.1 Å². The van der Waals surface area contributed by atoms with Crippen LogP contribution in [0.2, 0.25) is 5.02 Å². The Labute approximate surface area is 219 Å². The van der Waals surface area contributed by atoms with Crippen molar-refractivity contribution in [3.05, 3.63) is 70.6 Å². The molecule has 37 heavy (non-hydrogen) atoms. The molecule has 0 atom stereocenters. The Morgan fingerprint density at radius 1 is 1.05 bits per heavy atom. The average Bonchev–Trinajstić information content (AvgIpc) is 3.38. The zero-order valence-corrected chi connectivity index (χ0v) is 21.1. The van der Waals surface area contributed by atoms with Gasteiger partial charge in [-0.1, -0.05) is 29.8 Å². The lowest BCUT2D eigenvalue weighted by molar-refractivity contribution is 0.0999. The number of hydrogen-bond donors (Lipinski definition) is 1. The number of piperazine rings is 1. The molecule has 3 aliphatic rings. The Bertz CT molecular complexity index is 1350. The highest BCUT2D eigenvalue weighted by atomic mass is 35.5. The summed E-state index contributed by atoms with van der Waals surface area (Å²) in [5, 5.41) is 3.36. The number of likely N-dealkylation sites (N-methyl/N-ethyl adjacent to an activating group) is 1. The van der Waals surface area contributed by atoms with E-state index in [1.165, 1.54) is 28.8 Å². The molecular formula is C26H26ClFN8O. The number of para-hydroxylation sites is 1. The first-order chi connectivity index (χ1) is 18.0. The maximum atomic E-state index is 14.7. The number of carbonyl (C=O) groups excluding carboxylic acids is 1. The van der Waals surface area contributed by atoms with Gasteiger partial charge in [-0.2, -0.15) is 4.98 Å². The highest BCUT2D eigenvalue weighted by molar-refractivity contribution is 6.38. The van der Waals surface area contributed by atoms with Crippen molar-refractivity contribution in [3.8, 4) is 0 Å². The number of carbonyl (C=O) groups is 1. The van der Waals surface area contributed by atoms with Gasteiger partial charge in [0, 0.05) is 51.2 Å². The molecule has 4 heterocycles. The lowest BCUT2D eigenvalue weighted by Crippen LogP contribution is -2.51. The molecule has 0 bridgehead atoms. The van der Waals surface area contributed by atoms with Crippen LogP contribution in [-0.2, 0) is 6.54 Å². The SMILES string of the molecule is CN1CCN(Cc2ccc(Nc3ncc4c(n3)N3CCN=C3N(c3c(F)cccc3Cl)C4=O)cc2)CC1. The minimum Gasteiger partial charge on any atom is -0.324 e. The molecule has 0 spiro atoms. The number of halogens is 2. The smallest absolute Gasteiger partial charge is 0.270 e. The monoisotopic (exact) mass is 520 g/mol. The lowest BCUT2D eigenvalue weighted by atomic mass is 10.1. The quantitative estimate of drug-likeness (QED) is 0.550. The summed E-state index contributed by atoms with van der Waals surface area (Å²) in [5.74, 6) is 0.0337. The first kappa shape index (κ1) is 23.8. The highest BCUT2D eigenvalue weighted by Gasteiger charge is 2.41. The fourth-order valence-corrected chi connectivity index (χ4v) is 5.07. The van der Waals surface area contributed by atoms with Crippen LogP contribution in [0.4, 0.5) is 27.5 Å². The Morgan fingerprint density at radius 3 is 2.59 bits per heavy atom. The fourth-order valence-electron chi connectivity index (χ4n) is 4.82. The summed E-state index contributed by atoms with van der Waals surface area (Å²) in [4.78, 5) is 34.7. The van der Waals surface area contributed by atoms with Crippen molar-refractivity contribution < 1.29 is 9.18 Å². The van der Waals surface area contributed by atoms with Gasteiger partial charge in [0.25, 0.3) is 5.91 Å². The molecule has 1 N–H and O–H groups in total. The van der Waals surface area contributed by atoms with Gasteiger partial charge in [0.05, 0.1) is 11.6 Å². The van der Waals surface area contributed by atoms with Crippen LogP contribution in [0.15, 0.2) is 53.7 Å². The molecule has 3 aliphatic heterocycles. The molecule has 9 nitrogen and oxygen atoms in total. The molecule has 1 amide bonds. The Kier molecular flexibility index (Phi) is 6.23. The summed E-state index contributed by atoms with van der Waals surface area (Å²) in [6.07, 6.45) is 1.46. The number of nitrogens with zero attached hydrogens (tertiary/aromatic N) is 7. The van der Waals surface area contributed by atoms with E-state index in [4.69, 9.17) is 11.6 Å². The summed E-state index contributed by atoms with van der Waals surface area (Å²) in [5.41, 5.74) is 2.33.